The van der Waals surface area contributed by atoms with Gasteiger partial charge in [0.1, 0.15) is 17.6 Å². The lowest BCUT2D eigenvalue weighted by Gasteiger charge is -2.47. The number of benzene rings is 3. The predicted molar refractivity (Wildman–Crippen MR) is 113 cm³/mol. The monoisotopic (exact) mass is 439 g/mol. The number of fused-ring (bicyclic) bond motifs is 1. The van der Waals surface area contributed by atoms with Crippen molar-refractivity contribution in [2.24, 2.45) is 0 Å². The van der Waals surface area contributed by atoms with Crippen LogP contribution < -0.4 is 14.2 Å². The maximum atomic E-state index is 13.2. The smallest absolute Gasteiger partial charge is 0.266 e. The number of hydrogen-bond acceptors (Lipinski definition) is 4. The van der Waals surface area contributed by atoms with Crippen LogP contribution in [-0.4, -0.2) is 30.2 Å². The van der Waals surface area contributed by atoms with Crippen molar-refractivity contribution in [3.63, 3.8) is 0 Å². The van der Waals surface area contributed by atoms with Crippen molar-refractivity contribution in [3.05, 3.63) is 88.7 Å². The Hall–Kier alpha value is -3.25. The van der Waals surface area contributed by atoms with Crippen molar-refractivity contribution < 1.29 is 23.4 Å². The average molecular weight is 440 g/mol. The zero-order valence-corrected chi connectivity index (χ0v) is 17.2. The van der Waals surface area contributed by atoms with Crippen molar-refractivity contribution in [1.29, 1.82) is 0 Å². The Morgan fingerprint density at radius 3 is 2.52 bits per heavy atom. The lowest BCUT2D eigenvalue weighted by molar-refractivity contribution is -0.164. The summed E-state index contributed by atoms with van der Waals surface area (Å²) in [4.78, 5) is 14.8. The number of halogens is 2. The molecular weight excluding hydrogens is 421 g/mol. The molecule has 7 heteroatoms. The van der Waals surface area contributed by atoms with E-state index in [1.54, 1.807) is 41.3 Å². The van der Waals surface area contributed by atoms with E-state index in [-0.39, 0.29) is 24.6 Å². The van der Waals surface area contributed by atoms with E-state index in [2.05, 4.69) is 0 Å². The van der Waals surface area contributed by atoms with Crippen LogP contribution >= 0.6 is 11.6 Å². The Morgan fingerprint density at radius 2 is 1.74 bits per heavy atom. The van der Waals surface area contributed by atoms with Crippen LogP contribution in [0.2, 0.25) is 5.02 Å². The number of ether oxygens (including phenoxy) is 3. The van der Waals surface area contributed by atoms with Crippen LogP contribution in [0.4, 0.5) is 4.39 Å². The number of carbonyl (C=O) groups excluding carboxylic acids is 1. The molecule has 0 saturated carbocycles. The van der Waals surface area contributed by atoms with Gasteiger partial charge in [0.2, 0.25) is 12.9 Å². The summed E-state index contributed by atoms with van der Waals surface area (Å²) >= 11 is 5.96. The van der Waals surface area contributed by atoms with Gasteiger partial charge in [0.25, 0.3) is 5.91 Å². The summed E-state index contributed by atoms with van der Waals surface area (Å²) in [5.74, 6) is 1.54. The van der Waals surface area contributed by atoms with Gasteiger partial charge in [-0.3, -0.25) is 4.79 Å². The number of nitrogens with zero attached hydrogens (tertiary/aromatic N) is 1. The van der Waals surface area contributed by atoms with Gasteiger partial charge in [-0.05, 0) is 66.1 Å². The van der Waals surface area contributed by atoms with Crippen molar-refractivity contribution in [3.8, 4) is 17.2 Å². The fourth-order valence-corrected chi connectivity index (χ4v) is 4.02. The molecule has 158 valence electrons. The Kier molecular flexibility index (Phi) is 5.16. The van der Waals surface area contributed by atoms with Gasteiger partial charge in [0, 0.05) is 11.6 Å². The fourth-order valence-electron chi connectivity index (χ4n) is 3.89. The second-order valence-electron chi connectivity index (χ2n) is 7.46. The van der Waals surface area contributed by atoms with Crippen molar-refractivity contribution in [2.45, 2.75) is 18.6 Å². The molecule has 3 aromatic carbocycles. The van der Waals surface area contributed by atoms with Gasteiger partial charge in [-0.2, -0.15) is 0 Å². The normalized spacial score (nSPS) is 19.3. The lowest BCUT2D eigenvalue weighted by Crippen LogP contribution is -2.61. The quantitative estimate of drug-likeness (QED) is 0.518. The van der Waals surface area contributed by atoms with E-state index in [1.807, 2.05) is 18.2 Å². The molecule has 0 bridgehead atoms. The molecule has 1 saturated heterocycles. The van der Waals surface area contributed by atoms with Gasteiger partial charge in [-0.1, -0.05) is 29.8 Å². The van der Waals surface area contributed by atoms with Crippen LogP contribution in [0, 0.1) is 5.82 Å². The molecule has 0 radical (unpaired) electrons. The number of likely N-dealkylation sites (tertiary alicyclic amines) is 1. The van der Waals surface area contributed by atoms with Crippen LogP contribution in [0.1, 0.15) is 17.2 Å². The Labute approximate surface area is 183 Å². The van der Waals surface area contributed by atoms with Gasteiger partial charge < -0.3 is 19.1 Å². The molecule has 5 nitrogen and oxygen atoms in total. The minimum atomic E-state index is -0.658. The zero-order chi connectivity index (χ0) is 21.4. The molecule has 2 aliphatic rings. The van der Waals surface area contributed by atoms with Crippen LogP contribution in [0.15, 0.2) is 66.7 Å². The van der Waals surface area contributed by atoms with E-state index in [1.165, 1.54) is 12.1 Å². The zero-order valence-electron chi connectivity index (χ0n) is 16.5. The van der Waals surface area contributed by atoms with E-state index in [0.717, 1.165) is 11.1 Å². The number of rotatable bonds is 6. The Bertz CT molecular complexity index is 1100. The third kappa shape index (κ3) is 3.91. The summed E-state index contributed by atoms with van der Waals surface area (Å²) < 4.78 is 30.1. The van der Waals surface area contributed by atoms with Crippen molar-refractivity contribution in [1.82, 2.24) is 4.90 Å². The SMILES string of the molecule is O=C1[C@@H](Oc2ccc(Cl)cc2)[C@@H](c2ccc3c(c2)OCO3)N1CCc1ccc(F)cc1. The predicted octanol–water partition coefficient (Wildman–Crippen LogP) is 4.78. The van der Waals surface area contributed by atoms with E-state index in [4.69, 9.17) is 25.8 Å². The van der Waals surface area contributed by atoms with Gasteiger partial charge in [-0.25, -0.2) is 4.39 Å². The van der Waals surface area contributed by atoms with Crippen LogP contribution in [0.5, 0.6) is 17.2 Å². The first-order chi connectivity index (χ1) is 15.1. The van der Waals surface area contributed by atoms with Crippen molar-refractivity contribution in [2.75, 3.05) is 13.3 Å². The molecule has 0 N–H and O–H groups in total. The first-order valence-electron chi connectivity index (χ1n) is 9.95. The lowest BCUT2D eigenvalue weighted by atomic mass is 9.89. The maximum Gasteiger partial charge on any atom is 0.266 e. The molecule has 0 unspecified atom stereocenters. The molecule has 2 aliphatic heterocycles. The molecule has 2 atom stereocenters. The van der Waals surface area contributed by atoms with Crippen molar-refractivity contribution >= 4 is 17.5 Å². The van der Waals surface area contributed by atoms with Crippen LogP contribution in [-0.2, 0) is 11.2 Å². The minimum absolute atomic E-state index is 0.0975. The highest BCUT2D eigenvalue weighted by molar-refractivity contribution is 6.30. The van der Waals surface area contributed by atoms with E-state index in [9.17, 15) is 9.18 Å². The average Bonchev–Trinajstić information content (AvgIpc) is 3.25. The molecular formula is C24H19ClFNO4. The second-order valence-corrected chi connectivity index (χ2v) is 7.89. The molecule has 3 aromatic rings. The van der Waals surface area contributed by atoms with Gasteiger partial charge >= 0.3 is 0 Å². The highest BCUT2D eigenvalue weighted by Gasteiger charge is 2.50. The van der Waals surface area contributed by atoms with Crippen LogP contribution in [0.25, 0.3) is 0 Å². The first-order valence-corrected chi connectivity index (χ1v) is 10.3. The topological polar surface area (TPSA) is 48.0 Å². The number of carbonyl (C=O) groups is 1. The Morgan fingerprint density at radius 1 is 1.00 bits per heavy atom. The molecule has 2 heterocycles. The molecule has 31 heavy (non-hydrogen) atoms. The summed E-state index contributed by atoms with van der Waals surface area (Å²) in [6.07, 6.45) is -0.0458. The Balaban J connectivity index is 1.39. The third-order valence-electron chi connectivity index (χ3n) is 5.52. The molecule has 0 aliphatic carbocycles. The molecule has 1 fully saturated rings. The van der Waals surface area contributed by atoms with Gasteiger partial charge in [0.15, 0.2) is 11.5 Å². The number of β-lactam (4-membered cyclic amide) rings is 1. The molecule has 5 rings (SSSR count). The number of amides is 1. The fraction of sp³-hybridized carbons (Fsp3) is 0.208. The number of hydrogen-bond donors (Lipinski definition) is 0. The van der Waals surface area contributed by atoms with Gasteiger partial charge in [0.05, 0.1) is 0 Å². The van der Waals surface area contributed by atoms with Gasteiger partial charge in [-0.15, -0.1) is 0 Å². The van der Waals surface area contributed by atoms with E-state index >= 15 is 0 Å². The highest BCUT2D eigenvalue weighted by Crippen LogP contribution is 2.42. The van der Waals surface area contributed by atoms with Crippen LogP contribution in [0.3, 0.4) is 0 Å². The third-order valence-corrected chi connectivity index (χ3v) is 5.77. The minimum Gasteiger partial charge on any atom is -0.478 e. The molecule has 0 spiro atoms. The summed E-state index contributed by atoms with van der Waals surface area (Å²) in [5, 5.41) is 0.598. The molecule has 1 amide bonds. The maximum absolute atomic E-state index is 13.2. The van der Waals surface area contributed by atoms with E-state index < -0.39 is 6.10 Å². The summed E-state index contributed by atoms with van der Waals surface area (Å²) in [7, 11) is 0. The highest BCUT2D eigenvalue weighted by atomic mass is 35.5. The largest absolute Gasteiger partial charge is 0.478 e. The summed E-state index contributed by atoms with van der Waals surface area (Å²) in [6.45, 7) is 0.672. The summed E-state index contributed by atoms with van der Waals surface area (Å²) in [6, 6.07) is 18.6. The second kappa shape index (κ2) is 8.12. The first kappa shape index (κ1) is 19.7. The molecule has 0 aromatic heterocycles. The van der Waals surface area contributed by atoms with E-state index in [0.29, 0.717) is 35.2 Å². The summed E-state index contributed by atoms with van der Waals surface area (Å²) in [5.41, 5.74) is 1.86. The standard InChI is InChI=1S/C24H19ClFNO4/c25-17-4-8-19(9-5-17)31-23-22(16-3-10-20-21(13-16)30-14-29-20)27(24(23)28)12-11-15-1-6-18(26)7-2-15/h1-10,13,22-23H,11-12,14H2/t22-,23+/m1/s1.